The normalized spacial score (nSPS) is 29.0. The standard InChI is InChI=1S/C11H20O3/c1-2-14-11(13)9-7-5-3-4-6-8-10(9)12/h9-10,12H,2-8H2,1H3/t9-,10+/m1/s1. The Hall–Kier alpha value is -0.570. The first-order valence-corrected chi connectivity index (χ1v) is 5.60. The van der Waals surface area contributed by atoms with Crippen molar-refractivity contribution in [3.63, 3.8) is 0 Å². The molecule has 0 amide bonds. The summed E-state index contributed by atoms with van der Waals surface area (Å²) in [5.41, 5.74) is 0. The molecule has 0 unspecified atom stereocenters. The highest BCUT2D eigenvalue weighted by molar-refractivity contribution is 5.73. The number of aliphatic hydroxyl groups is 1. The molecule has 0 bridgehead atoms. The second-order valence-corrected chi connectivity index (χ2v) is 3.92. The molecule has 0 aliphatic heterocycles. The molecule has 1 rings (SSSR count). The van der Waals surface area contributed by atoms with Gasteiger partial charge in [0.25, 0.3) is 0 Å². The molecule has 1 aliphatic rings. The van der Waals surface area contributed by atoms with E-state index in [0.717, 1.165) is 25.7 Å². The van der Waals surface area contributed by atoms with Crippen molar-refractivity contribution in [3.05, 3.63) is 0 Å². The Morgan fingerprint density at radius 3 is 2.57 bits per heavy atom. The molecule has 0 aromatic heterocycles. The van der Waals surface area contributed by atoms with E-state index in [1.165, 1.54) is 12.8 Å². The monoisotopic (exact) mass is 200 g/mol. The lowest BCUT2D eigenvalue weighted by Crippen LogP contribution is -2.30. The number of hydrogen-bond donors (Lipinski definition) is 1. The average molecular weight is 200 g/mol. The minimum atomic E-state index is -0.491. The molecule has 0 aromatic rings. The lowest BCUT2D eigenvalue weighted by atomic mass is 9.89. The van der Waals surface area contributed by atoms with Crippen LogP contribution in [0, 0.1) is 5.92 Å². The first kappa shape index (κ1) is 11.5. The third-order valence-electron chi connectivity index (χ3n) is 2.82. The second-order valence-electron chi connectivity index (χ2n) is 3.92. The zero-order valence-corrected chi connectivity index (χ0v) is 8.87. The predicted octanol–water partition coefficient (Wildman–Crippen LogP) is 1.88. The van der Waals surface area contributed by atoms with Gasteiger partial charge in [-0.15, -0.1) is 0 Å². The van der Waals surface area contributed by atoms with Crippen LogP contribution in [0.5, 0.6) is 0 Å². The molecule has 3 heteroatoms. The molecular weight excluding hydrogens is 180 g/mol. The van der Waals surface area contributed by atoms with Gasteiger partial charge in [0.1, 0.15) is 0 Å². The summed E-state index contributed by atoms with van der Waals surface area (Å²) in [4.78, 5) is 11.5. The zero-order chi connectivity index (χ0) is 10.4. The van der Waals surface area contributed by atoms with E-state index in [2.05, 4.69) is 0 Å². The maximum absolute atomic E-state index is 11.5. The molecule has 0 spiro atoms. The number of carbonyl (C=O) groups excluding carboxylic acids is 1. The minimum absolute atomic E-state index is 0.220. The maximum Gasteiger partial charge on any atom is 0.311 e. The molecule has 1 fully saturated rings. The van der Waals surface area contributed by atoms with Gasteiger partial charge < -0.3 is 9.84 Å². The van der Waals surface area contributed by atoms with Crippen molar-refractivity contribution >= 4 is 5.97 Å². The van der Waals surface area contributed by atoms with Crippen molar-refractivity contribution in [2.24, 2.45) is 5.92 Å². The van der Waals surface area contributed by atoms with Crippen molar-refractivity contribution in [1.82, 2.24) is 0 Å². The fourth-order valence-electron chi connectivity index (χ4n) is 1.99. The summed E-state index contributed by atoms with van der Waals surface area (Å²) in [7, 11) is 0. The molecule has 0 heterocycles. The summed E-state index contributed by atoms with van der Waals surface area (Å²) in [6.45, 7) is 2.20. The smallest absolute Gasteiger partial charge is 0.311 e. The first-order valence-electron chi connectivity index (χ1n) is 5.60. The van der Waals surface area contributed by atoms with Gasteiger partial charge in [-0.05, 0) is 19.8 Å². The van der Waals surface area contributed by atoms with E-state index in [-0.39, 0.29) is 11.9 Å². The highest BCUT2D eigenvalue weighted by atomic mass is 16.5. The Morgan fingerprint density at radius 2 is 1.93 bits per heavy atom. The maximum atomic E-state index is 11.5. The van der Waals surface area contributed by atoms with Gasteiger partial charge in [-0.2, -0.15) is 0 Å². The molecule has 1 N–H and O–H groups in total. The number of rotatable bonds is 2. The van der Waals surface area contributed by atoms with Gasteiger partial charge in [-0.3, -0.25) is 4.79 Å². The van der Waals surface area contributed by atoms with Gasteiger partial charge in [-0.1, -0.05) is 25.7 Å². The van der Waals surface area contributed by atoms with Crippen molar-refractivity contribution in [2.75, 3.05) is 6.61 Å². The van der Waals surface area contributed by atoms with Gasteiger partial charge in [0.05, 0.1) is 18.6 Å². The lowest BCUT2D eigenvalue weighted by molar-refractivity contribution is -0.152. The fraction of sp³-hybridized carbons (Fsp3) is 0.909. The van der Waals surface area contributed by atoms with E-state index in [4.69, 9.17) is 4.74 Å². The molecule has 3 nitrogen and oxygen atoms in total. The largest absolute Gasteiger partial charge is 0.466 e. The summed E-state index contributed by atoms with van der Waals surface area (Å²) >= 11 is 0. The number of hydrogen-bond acceptors (Lipinski definition) is 3. The van der Waals surface area contributed by atoms with Crippen LogP contribution in [0.25, 0.3) is 0 Å². The topological polar surface area (TPSA) is 46.5 Å². The molecule has 0 saturated heterocycles. The van der Waals surface area contributed by atoms with E-state index in [9.17, 15) is 9.90 Å². The van der Waals surface area contributed by atoms with Crippen LogP contribution in [-0.4, -0.2) is 23.8 Å². The second kappa shape index (κ2) is 6.02. The molecule has 1 aliphatic carbocycles. The number of esters is 1. The number of aliphatic hydroxyl groups excluding tert-OH is 1. The molecule has 14 heavy (non-hydrogen) atoms. The Kier molecular flexibility index (Phi) is 4.94. The van der Waals surface area contributed by atoms with E-state index in [1.807, 2.05) is 0 Å². The van der Waals surface area contributed by atoms with Crippen molar-refractivity contribution in [3.8, 4) is 0 Å². The van der Waals surface area contributed by atoms with Crippen LogP contribution in [0.15, 0.2) is 0 Å². The SMILES string of the molecule is CCOC(=O)[C@@H]1CCCCCC[C@@H]1O. The molecule has 0 radical (unpaired) electrons. The van der Waals surface area contributed by atoms with E-state index >= 15 is 0 Å². The van der Waals surface area contributed by atoms with Gasteiger partial charge in [0.2, 0.25) is 0 Å². The van der Waals surface area contributed by atoms with Crippen LogP contribution in [0.4, 0.5) is 0 Å². The summed E-state index contributed by atoms with van der Waals surface area (Å²) < 4.78 is 4.95. The van der Waals surface area contributed by atoms with E-state index in [1.54, 1.807) is 6.92 Å². The Morgan fingerprint density at radius 1 is 1.29 bits per heavy atom. The van der Waals surface area contributed by atoms with Crippen molar-refractivity contribution in [1.29, 1.82) is 0 Å². The van der Waals surface area contributed by atoms with Crippen molar-refractivity contribution < 1.29 is 14.6 Å². The van der Waals surface area contributed by atoms with Crippen LogP contribution in [0.3, 0.4) is 0 Å². The van der Waals surface area contributed by atoms with Crippen molar-refractivity contribution in [2.45, 2.75) is 51.6 Å². The van der Waals surface area contributed by atoms with Crippen LogP contribution < -0.4 is 0 Å². The molecule has 2 atom stereocenters. The minimum Gasteiger partial charge on any atom is -0.466 e. The summed E-state index contributed by atoms with van der Waals surface area (Å²) in [5.74, 6) is -0.503. The molecule has 82 valence electrons. The summed E-state index contributed by atoms with van der Waals surface area (Å²) in [6, 6.07) is 0. The average Bonchev–Trinajstić information content (AvgIpc) is 2.12. The lowest BCUT2D eigenvalue weighted by Gasteiger charge is -2.23. The quantitative estimate of drug-likeness (QED) is 0.692. The predicted molar refractivity (Wildman–Crippen MR) is 53.8 cm³/mol. The van der Waals surface area contributed by atoms with Gasteiger partial charge in [0, 0.05) is 0 Å². The Balaban J connectivity index is 2.48. The van der Waals surface area contributed by atoms with Crippen LogP contribution in [0.1, 0.15) is 45.4 Å². The summed E-state index contributed by atoms with van der Waals surface area (Å²) in [5, 5.41) is 9.77. The Bertz CT molecular complexity index is 179. The van der Waals surface area contributed by atoms with E-state index in [0.29, 0.717) is 6.61 Å². The third kappa shape index (κ3) is 3.29. The summed E-state index contributed by atoms with van der Waals surface area (Å²) in [6.07, 6.45) is 5.42. The van der Waals surface area contributed by atoms with Crippen LogP contribution >= 0.6 is 0 Å². The highest BCUT2D eigenvalue weighted by Crippen LogP contribution is 2.23. The number of carbonyl (C=O) groups is 1. The molecule has 0 aromatic carbocycles. The Labute approximate surface area is 85.5 Å². The zero-order valence-electron chi connectivity index (χ0n) is 8.87. The van der Waals surface area contributed by atoms with E-state index < -0.39 is 6.10 Å². The van der Waals surface area contributed by atoms with Crippen LogP contribution in [-0.2, 0) is 9.53 Å². The number of ether oxygens (including phenoxy) is 1. The molecular formula is C11H20O3. The highest BCUT2D eigenvalue weighted by Gasteiger charge is 2.28. The fourth-order valence-corrected chi connectivity index (χ4v) is 1.99. The van der Waals surface area contributed by atoms with Gasteiger partial charge >= 0.3 is 5.97 Å². The van der Waals surface area contributed by atoms with Gasteiger partial charge in [-0.25, -0.2) is 0 Å². The first-order chi connectivity index (χ1) is 6.75. The third-order valence-corrected chi connectivity index (χ3v) is 2.82. The van der Waals surface area contributed by atoms with Gasteiger partial charge in [0.15, 0.2) is 0 Å². The molecule has 1 saturated carbocycles. The van der Waals surface area contributed by atoms with Crippen LogP contribution in [0.2, 0.25) is 0 Å².